The molecule has 2 aromatic carbocycles. The van der Waals surface area contributed by atoms with Crippen molar-refractivity contribution in [3.63, 3.8) is 0 Å². The fourth-order valence-electron chi connectivity index (χ4n) is 3.26. The first-order chi connectivity index (χ1) is 14.5. The second kappa shape index (κ2) is 8.60. The lowest BCUT2D eigenvalue weighted by Gasteiger charge is -2.34. The van der Waals surface area contributed by atoms with E-state index in [1.165, 1.54) is 16.4 Å². The Balaban J connectivity index is 1.40. The molecular formula is C21H21N5O3S. The van der Waals surface area contributed by atoms with Crippen molar-refractivity contribution in [2.24, 2.45) is 0 Å². The Bertz CT molecular complexity index is 1100. The molecule has 8 nitrogen and oxygen atoms in total. The molecule has 1 aliphatic rings. The standard InChI is InChI=1S/C21H21N5O3S/c27-21(17-4-2-1-3-5-17)24-18-6-8-19(9-7-18)30(28,29)26-14-12-25(13-15-26)20-16-22-10-11-23-20/h1-11,16H,12-15H2,(H,24,27). The lowest BCUT2D eigenvalue weighted by Crippen LogP contribution is -2.48. The summed E-state index contributed by atoms with van der Waals surface area (Å²) in [4.78, 5) is 22.8. The highest BCUT2D eigenvalue weighted by molar-refractivity contribution is 7.89. The number of nitrogens with zero attached hydrogens (tertiary/aromatic N) is 4. The molecule has 4 rings (SSSR count). The zero-order valence-electron chi connectivity index (χ0n) is 16.2. The largest absolute Gasteiger partial charge is 0.353 e. The molecule has 1 amide bonds. The summed E-state index contributed by atoms with van der Waals surface area (Å²) in [6.45, 7) is 1.82. The molecule has 0 spiro atoms. The van der Waals surface area contributed by atoms with Crippen LogP contribution in [0, 0.1) is 0 Å². The summed E-state index contributed by atoms with van der Waals surface area (Å²) in [6.07, 6.45) is 4.90. The molecule has 0 saturated carbocycles. The van der Waals surface area contributed by atoms with Gasteiger partial charge in [0.25, 0.3) is 5.91 Å². The van der Waals surface area contributed by atoms with Crippen LogP contribution in [-0.4, -0.2) is 54.8 Å². The summed E-state index contributed by atoms with van der Waals surface area (Å²) in [5.41, 5.74) is 1.07. The summed E-state index contributed by atoms with van der Waals surface area (Å²) in [5.74, 6) is 0.499. The molecule has 0 bridgehead atoms. The number of amides is 1. The number of carbonyl (C=O) groups is 1. The van der Waals surface area contributed by atoms with Gasteiger partial charge in [-0.1, -0.05) is 18.2 Å². The van der Waals surface area contributed by atoms with E-state index in [4.69, 9.17) is 0 Å². The third-order valence-corrected chi connectivity index (χ3v) is 6.81. The molecule has 9 heteroatoms. The Morgan fingerprint density at radius 1 is 0.900 bits per heavy atom. The molecule has 30 heavy (non-hydrogen) atoms. The van der Waals surface area contributed by atoms with E-state index in [0.717, 1.165) is 5.82 Å². The number of piperazine rings is 1. The monoisotopic (exact) mass is 423 g/mol. The smallest absolute Gasteiger partial charge is 0.255 e. The van der Waals surface area contributed by atoms with Crippen LogP contribution >= 0.6 is 0 Å². The van der Waals surface area contributed by atoms with Gasteiger partial charge in [0.1, 0.15) is 5.82 Å². The van der Waals surface area contributed by atoms with Crippen molar-refractivity contribution in [1.29, 1.82) is 0 Å². The zero-order valence-corrected chi connectivity index (χ0v) is 17.0. The molecule has 2 heterocycles. The molecule has 0 aliphatic carbocycles. The average molecular weight is 423 g/mol. The zero-order chi connectivity index (χ0) is 21.0. The van der Waals surface area contributed by atoms with Gasteiger partial charge in [-0.05, 0) is 36.4 Å². The number of anilines is 2. The van der Waals surface area contributed by atoms with Crippen LogP contribution < -0.4 is 10.2 Å². The van der Waals surface area contributed by atoms with Gasteiger partial charge in [0.15, 0.2) is 0 Å². The highest BCUT2D eigenvalue weighted by Crippen LogP contribution is 2.21. The molecule has 1 aliphatic heterocycles. The first-order valence-corrected chi connectivity index (χ1v) is 11.0. The number of benzene rings is 2. The number of hydrogen-bond acceptors (Lipinski definition) is 6. The molecular weight excluding hydrogens is 402 g/mol. The highest BCUT2D eigenvalue weighted by Gasteiger charge is 2.29. The van der Waals surface area contributed by atoms with Gasteiger partial charge in [-0.3, -0.25) is 9.78 Å². The van der Waals surface area contributed by atoms with Crippen LogP contribution in [0.5, 0.6) is 0 Å². The average Bonchev–Trinajstić information content (AvgIpc) is 2.81. The second-order valence-corrected chi connectivity index (χ2v) is 8.74. The Hall–Kier alpha value is -3.30. The number of rotatable bonds is 5. The summed E-state index contributed by atoms with van der Waals surface area (Å²) < 4.78 is 27.4. The predicted octanol–water partition coefficient (Wildman–Crippen LogP) is 2.24. The van der Waals surface area contributed by atoms with Gasteiger partial charge in [0, 0.05) is 49.8 Å². The van der Waals surface area contributed by atoms with Crippen LogP contribution in [0.3, 0.4) is 0 Å². The first kappa shape index (κ1) is 20.0. The molecule has 3 aromatic rings. The van der Waals surface area contributed by atoms with Crippen molar-refractivity contribution >= 4 is 27.4 Å². The van der Waals surface area contributed by atoms with E-state index in [1.807, 2.05) is 11.0 Å². The van der Waals surface area contributed by atoms with Crippen LogP contribution in [0.1, 0.15) is 10.4 Å². The highest BCUT2D eigenvalue weighted by atomic mass is 32.2. The maximum absolute atomic E-state index is 13.0. The van der Waals surface area contributed by atoms with Crippen LogP contribution in [0.4, 0.5) is 11.5 Å². The maximum Gasteiger partial charge on any atom is 0.255 e. The predicted molar refractivity (Wildman–Crippen MR) is 114 cm³/mol. The number of carbonyl (C=O) groups excluding carboxylic acids is 1. The van der Waals surface area contributed by atoms with E-state index in [9.17, 15) is 13.2 Å². The van der Waals surface area contributed by atoms with Crippen LogP contribution in [-0.2, 0) is 10.0 Å². The van der Waals surface area contributed by atoms with Crippen LogP contribution in [0.25, 0.3) is 0 Å². The van der Waals surface area contributed by atoms with Crippen molar-refractivity contribution in [3.8, 4) is 0 Å². The van der Waals surface area contributed by atoms with Crippen molar-refractivity contribution < 1.29 is 13.2 Å². The molecule has 154 valence electrons. The molecule has 1 aromatic heterocycles. The Labute approximate surface area is 175 Å². The lowest BCUT2D eigenvalue weighted by atomic mass is 10.2. The van der Waals surface area contributed by atoms with E-state index >= 15 is 0 Å². The molecule has 1 fully saturated rings. The number of aromatic nitrogens is 2. The third-order valence-electron chi connectivity index (χ3n) is 4.90. The first-order valence-electron chi connectivity index (χ1n) is 9.51. The second-order valence-electron chi connectivity index (χ2n) is 6.80. The van der Waals surface area contributed by atoms with Gasteiger partial charge in [0.05, 0.1) is 11.1 Å². The van der Waals surface area contributed by atoms with Crippen LogP contribution in [0.2, 0.25) is 0 Å². The van der Waals surface area contributed by atoms with Crippen molar-refractivity contribution in [2.45, 2.75) is 4.90 Å². The number of hydrogen-bond donors (Lipinski definition) is 1. The Morgan fingerprint density at radius 3 is 2.23 bits per heavy atom. The fraction of sp³-hybridized carbons (Fsp3) is 0.190. The van der Waals surface area contributed by atoms with E-state index in [-0.39, 0.29) is 10.8 Å². The summed E-state index contributed by atoms with van der Waals surface area (Å²) in [7, 11) is -3.61. The number of nitrogens with one attached hydrogen (secondary N) is 1. The van der Waals surface area contributed by atoms with E-state index in [1.54, 1.807) is 55.0 Å². The van der Waals surface area contributed by atoms with E-state index in [0.29, 0.717) is 37.4 Å². The van der Waals surface area contributed by atoms with Gasteiger partial charge < -0.3 is 10.2 Å². The Kier molecular flexibility index (Phi) is 5.73. The van der Waals surface area contributed by atoms with Crippen molar-refractivity contribution in [1.82, 2.24) is 14.3 Å². The van der Waals surface area contributed by atoms with Gasteiger partial charge in [-0.2, -0.15) is 4.31 Å². The van der Waals surface area contributed by atoms with Crippen LogP contribution in [0.15, 0.2) is 78.1 Å². The normalized spacial score (nSPS) is 15.0. The summed E-state index contributed by atoms with van der Waals surface area (Å²) in [5, 5.41) is 2.77. The summed E-state index contributed by atoms with van der Waals surface area (Å²) in [6, 6.07) is 15.1. The molecule has 0 unspecified atom stereocenters. The van der Waals surface area contributed by atoms with Gasteiger partial charge in [-0.15, -0.1) is 0 Å². The van der Waals surface area contributed by atoms with Gasteiger partial charge in [-0.25, -0.2) is 13.4 Å². The molecule has 1 saturated heterocycles. The molecule has 1 N–H and O–H groups in total. The molecule has 0 radical (unpaired) electrons. The summed E-state index contributed by atoms with van der Waals surface area (Å²) >= 11 is 0. The quantitative estimate of drug-likeness (QED) is 0.676. The lowest BCUT2D eigenvalue weighted by molar-refractivity contribution is 0.102. The van der Waals surface area contributed by atoms with Crippen molar-refractivity contribution in [3.05, 3.63) is 78.8 Å². The Morgan fingerprint density at radius 2 is 1.60 bits per heavy atom. The topological polar surface area (TPSA) is 95.5 Å². The fourth-order valence-corrected chi connectivity index (χ4v) is 4.69. The maximum atomic E-state index is 13.0. The SMILES string of the molecule is O=C(Nc1ccc(S(=O)(=O)N2CCN(c3cnccn3)CC2)cc1)c1ccccc1. The van der Waals surface area contributed by atoms with Gasteiger partial charge in [0.2, 0.25) is 10.0 Å². The minimum atomic E-state index is -3.61. The minimum Gasteiger partial charge on any atom is -0.353 e. The van der Waals surface area contributed by atoms with Crippen molar-refractivity contribution in [2.75, 3.05) is 36.4 Å². The number of sulfonamides is 1. The molecule has 0 atom stereocenters. The minimum absolute atomic E-state index is 0.202. The van der Waals surface area contributed by atoms with Gasteiger partial charge >= 0.3 is 0 Å². The van der Waals surface area contributed by atoms with E-state index in [2.05, 4.69) is 15.3 Å². The van der Waals surface area contributed by atoms with E-state index < -0.39 is 10.0 Å². The third kappa shape index (κ3) is 4.32.